The summed E-state index contributed by atoms with van der Waals surface area (Å²) in [5.41, 5.74) is 2.94. The maximum atomic E-state index is 3.44. The Kier molecular flexibility index (Phi) is 5.41. The number of rotatable bonds is 5. The fraction of sp³-hybridized carbons (Fsp3) is 0.647. The van der Waals surface area contributed by atoms with Crippen LogP contribution in [0.3, 0.4) is 0 Å². The number of likely N-dealkylation sites (tertiary alicyclic amines) is 1. The first kappa shape index (κ1) is 14.5. The van der Waals surface area contributed by atoms with Crippen molar-refractivity contribution in [2.75, 3.05) is 13.1 Å². The van der Waals surface area contributed by atoms with E-state index in [1.807, 2.05) is 0 Å². The maximum Gasteiger partial charge on any atom is 0.0239 e. The second-order valence-corrected chi connectivity index (χ2v) is 5.88. The molecule has 0 saturated carbocycles. The first-order valence-corrected chi connectivity index (χ1v) is 7.74. The molecule has 2 unspecified atom stereocenters. The average molecular weight is 260 g/mol. The van der Waals surface area contributed by atoms with Gasteiger partial charge >= 0.3 is 0 Å². The van der Waals surface area contributed by atoms with Gasteiger partial charge in [-0.2, -0.15) is 0 Å². The van der Waals surface area contributed by atoms with Crippen LogP contribution in [0.15, 0.2) is 24.3 Å². The summed E-state index contributed by atoms with van der Waals surface area (Å²) in [6.45, 7) is 11.3. The minimum atomic E-state index is 0.709. The third-order valence-electron chi connectivity index (χ3n) is 4.56. The summed E-state index contributed by atoms with van der Waals surface area (Å²) in [7, 11) is 0. The molecule has 1 heterocycles. The van der Waals surface area contributed by atoms with Gasteiger partial charge in [-0.25, -0.2) is 0 Å². The molecule has 1 aromatic carbocycles. The molecule has 1 fully saturated rings. The molecule has 19 heavy (non-hydrogen) atoms. The molecule has 2 nitrogen and oxygen atoms in total. The van der Waals surface area contributed by atoms with Crippen molar-refractivity contribution in [1.82, 2.24) is 10.2 Å². The van der Waals surface area contributed by atoms with Gasteiger partial charge in [-0.05, 0) is 49.9 Å². The highest BCUT2D eigenvalue weighted by Crippen LogP contribution is 2.25. The minimum absolute atomic E-state index is 0.709. The second-order valence-electron chi connectivity index (χ2n) is 5.88. The summed E-state index contributed by atoms with van der Waals surface area (Å²) >= 11 is 0. The molecule has 1 aliphatic rings. The topological polar surface area (TPSA) is 15.3 Å². The smallest absolute Gasteiger partial charge is 0.0239 e. The highest BCUT2D eigenvalue weighted by molar-refractivity contribution is 5.27. The predicted octanol–water partition coefficient (Wildman–Crippen LogP) is 3.42. The van der Waals surface area contributed by atoms with Crippen LogP contribution in [0.4, 0.5) is 0 Å². The molecule has 0 amide bonds. The largest absolute Gasteiger partial charge is 0.313 e. The van der Waals surface area contributed by atoms with Crippen molar-refractivity contribution in [3.8, 4) is 0 Å². The fourth-order valence-electron chi connectivity index (χ4n) is 3.01. The van der Waals surface area contributed by atoms with Crippen LogP contribution in [0, 0.1) is 5.92 Å². The van der Waals surface area contributed by atoms with E-state index in [-0.39, 0.29) is 0 Å². The van der Waals surface area contributed by atoms with E-state index in [2.05, 4.69) is 55.3 Å². The van der Waals surface area contributed by atoms with Gasteiger partial charge < -0.3 is 5.32 Å². The van der Waals surface area contributed by atoms with Crippen LogP contribution in [0.1, 0.15) is 44.7 Å². The lowest BCUT2D eigenvalue weighted by molar-refractivity contribution is 0.106. The molecule has 106 valence electrons. The van der Waals surface area contributed by atoms with Crippen LogP contribution in [-0.4, -0.2) is 24.0 Å². The van der Waals surface area contributed by atoms with Gasteiger partial charge in [-0.15, -0.1) is 0 Å². The lowest BCUT2D eigenvalue weighted by atomic mass is 9.91. The average Bonchev–Trinajstić information content (AvgIpc) is 2.43. The molecule has 2 rings (SSSR count). The number of benzene rings is 1. The van der Waals surface area contributed by atoms with Gasteiger partial charge in [0.15, 0.2) is 0 Å². The Morgan fingerprint density at radius 1 is 1.21 bits per heavy atom. The summed E-state index contributed by atoms with van der Waals surface area (Å²) in [5, 5.41) is 3.44. The van der Waals surface area contributed by atoms with Gasteiger partial charge in [-0.1, -0.05) is 38.1 Å². The number of hydrogen-bond acceptors (Lipinski definition) is 2. The third kappa shape index (κ3) is 3.80. The number of piperidine rings is 1. The Balaban J connectivity index is 2.05. The molecule has 2 atom stereocenters. The molecule has 1 aromatic rings. The van der Waals surface area contributed by atoms with Gasteiger partial charge in [0, 0.05) is 19.1 Å². The molecule has 0 spiro atoms. The molecule has 0 aliphatic carbocycles. The minimum Gasteiger partial charge on any atom is -0.313 e. The lowest BCUT2D eigenvalue weighted by Crippen LogP contribution is -2.41. The van der Waals surface area contributed by atoms with Crippen molar-refractivity contribution in [2.45, 2.75) is 52.7 Å². The van der Waals surface area contributed by atoms with E-state index >= 15 is 0 Å². The Morgan fingerprint density at radius 2 is 1.95 bits per heavy atom. The van der Waals surface area contributed by atoms with E-state index in [1.54, 1.807) is 0 Å². The van der Waals surface area contributed by atoms with Gasteiger partial charge in [0.2, 0.25) is 0 Å². The summed E-state index contributed by atoms with van der Waals surface area (Å²) in [5.74, 6) is 0.828. The van der Waals surface area contributed by atoms with Crippen molar-refractivity contribution in [2.24, 2.45) is 5.92 Å². The zero-order valence-electron chi connectivity index (χ0n) is 12.7. The van der Waals surface area contributed by atoms with Crippen molar-refractivity contribution in [3.05, 3.63) is 35.4 Å². The summed E-state index contributed by atoms with van der Waals surface area (Å²) in [4.78, 5) is 2.65. The van der Waals surface area contributed by atoms with Crippen molar-refractivity contribution < 1.29 is 0 Å². The Labute approximate surface area is 118 Å². The van der Waals surface area contributed by atoms with E-state index in [4.69, 9.17) is 0 Å². The van der Waals surface area contributed by atoms with E-state index in [1.165, 1.54) is 30.5 Å². The van der Waals surface area contributed by atoms with Gasteiger partial charge in [0.1, 0.15) is 0 Å². The maximum absolute atomic E-state index is 3.44. The molecule has 0 radical (unpaired) electrons. The molecular weight excluding hydrogens is 232 g/mol. The molecule has 2 heteroatoms. The fourth-order valence-corrected chi connectivity index (χ4v) is 3.01. The first-order valence-electron chi connectivity index (χ1n) is 7.74. The predicted molar refractivity (Wildman–Crippen MR) is 82.1 cm³/mol. The molecule has 0 aromatic heterocycles. The number of nitrogens with one attached hydrogen (secondary N) is 1. The van der Waals surface area contributed by atoms with Crippen molar-refractivity contribution >= 4 is 0 Å². The van der Waals surface area contributed by atoms with E-state index in [9.17, 15) is 0 Å². The molecule has 1 N–H and O–H groups in total. The Bertz CT molecular complexity index is 389. The number of hydrogen-bond donors (Lipinski definition) is 1. The van der Waals surface area contributed by atoms with Crippen LogP contribution in [-0.2, 0) is 13.1 Å². The van der Waals surface area contributed by atoms with E-state index < -0.39 is 0 Å². The van der Waals surface area contributed by atoms with E-state index in [0.29, 0.717) is 6.04 Å². The normalized spacial score (nSPS) is 24.6. The third-order valence-corrected chi connectivity index (χ3v) is 4.56. The van der Waals surface area contributed by atoms with Crippen LogP contribution >= 0.6 is 0 Å². The lowest BCUT2D eigenvalue weighted by Gasteiger charge is -2.38. The summed E-state index contributed by atoms with van der Waals surface area (Å²) in [6, 6.07) is 9.58. The van der Waals surface area contributed by atoms with Gasteiger partial charge in [0.25, 0.3) is 0 Å². The summed E-state index contributed by atoms with van der Waals surface area (Å²) < 4.78 is 0. The van der Waals surface area contributed by atoms with Crippen LogP contribution in [0.25, 0.3) is 0 Å². The zero-order chi connectivity index (χ0) is 13.7. The second kappa shape index (κ2) is 7.06. The standard InChI is InChI=1S/C17H28N2/c1-4-18-12-16-9-5-6-10-17(16)13-19-11-7-8-14(2)15(19)3/h5-6,9-10,14-15,18H,4,7-8,11-13H2,1-3H3. The highest BCUT2D eigenvalue weighted by atomic mass is 15.2. The monoisotopic (exact) mass is 260 g/mol. The van der Waals surface area contributed by atoms with Crippen LogP contribution in [0.2, 0.25) is 0 Å². The quantitative estimate of drug-likeness (QED) is 0.872. The molecule has 1 saturated heterocycles. The zero-order valence-corrected chi connectivity index (χ0v) is 12.7. The number of nitrogens with zero attached hydrogens (tertiary/aromatic N) is 1. The Morgan fingerprint density at radius 3 is 2.68 bits per heavy atom. The van der Waals surface area contributed by atoms with Crippen LogP contribution < -0.4 is 5.32 Å². The van der Waals surface area contributed by atoms with Gasteiger partial charge in [0.05, 0.1) is 0 Å². The van der Waals surface area contributed by atoms with E-state index in [0.717, 1.165) is 25.6 Å². The SMILES string of the molecule is CCNCc1ccccc1CN1CCCC(C)C1C. The van der Waals surface area contributed by atoms with Crippen LogP contribution in [0.5, 0.6) is 0 Å². The first-order chi connectivity index (χ1) is 9.22. The van der Waals surface area contributed by atoms with Crippen molar-refractivity contribution in [3.63, 3.8) is 0 Å². The molecule has 0 bridgehead atoms. The summed E-state index contributed by atoms with van der Waals surface area (Å²) in [6.07, 6.45) is 2.73. The van der Waals surface area contributed by atoms with Gasteiger partial charge in [-0.3, -0.25) is 4.90 Å². The highest BCUT2D eigenvalue weighted by Gasteiger charge is 2.24. The molecular formula is C17H28N2. The molecule has 1 aliphatic heterocycles. The van der Waals surface area contributed by atoms with Crippen molar-refractivity contribution in [1.29, 1.82) is 0 Å². The Hall–Kier alpha value is -0.860.